The number of ether oxygens (including phenoxy) is 1. The topological polar surface area (TPSA) is 73.1 Å². The molecular weight excluding hydrogens is 304 g/mol. The van der Waals surface area contributed by atoms with E-state index in [2.05, 4.69) is 31.2 Å². The number of hydrogen-bond donors (Lipinski definition) is 2. The normalized spacial score (nSPS) is 17.0. The van der Waals surface area contributed by atoms with E-state index >= 15 is 0 Å². The number of aromatic nitrogens is 2. The summed E-state index contributed by atoms with van der Waals surface area (Å²) in [6.45, 7) is 7.02. The Morgan fingerprint density at radius 3 is 2.95 bits per heavy atom. The molecule has 0 aliphatic carbocycles. The quantitative estimate of drug-likeness (QED) is 0.389. The van der Waals surface area contributed by atoms with Crippen molar-refractivity contribution >= 4 is 39.1 Å². The Hall–Kier alpha value is -0.890. The van der Waals surface area contributed by atoms with Gasteiger partial charge in [0.1, 0.15) is 4.83 Å². The zero-order valence-corrected chi connectivity index (χ0v) is 14.2. The molecule has 3 rings (SSSR count). The molecule has 0 saturated carbocycles. The van der Waals surface area contributed by atoms with Crippen LogP contribution in [0.25, 0.3) is 10.2 Å². The van der Waals surface area contributed by atoms with Crippen molar-refractivity contribution in [1.82, 2.24) is 9.97 Å². The summed E-state index contributed by atoms with van der Waals surface area (Å²) < 4.78 is 5.90. The first-order chi connectivity index (χ1) is 10.0. The number of hydrazine groups is 1. The second kappa shape index (κ2) is 5.72. The van der Waals surface area contributed by atoms with Gasteiger partial charge in [-0.25, -0.2) is 15.8 Å². The number of hydrogen-bond acceptors (Lipinski definition) is 7. The number of nitrogens with one attached hydrogen (secondary N) is 1. The second-order valence-corrected chi connectivity index (χ2v) is 7.90. The van der Waals surface area contributed by atoms with Crippen molar-refractivity contribution in [2.45, 2.75) is 51.0 Å². The molecule has 2 aromatic heterocycles. The number of thiophene rings is 1. The van der Waals surface area contributed by atoms with Gasteiger partial charge in [-0.1, -0.05) is 18.7 Å². The summed E-state index contributed by atoms with van der Waals surface area (Å²) in [6.07, 6.45) is 1.96. The van der Waals surface area contributed by atoms with Crippen LogP contribution in [0.5, 0.6) is 0 Å². The number of nitrogens with two attached hydrogens (primary N) is 1. The van der Waals surface area contributed by atoms with Gasteiger partial charge in [-0.15, -0.1) is 11.3 Å². The van der Waals surface area contributed by atoms with Crippen LogP contribution < -0.4 is 11.3 Å². The lowest BCUT2D eigenvalue weighted by Gasteiger charge is -2.30. The number of rotatable bonds is 4. The van der Waals surface area contributed by atoms with E-state index in [9.17, 15) is 0 Å². The molecule has 0 saturated heterocycles. The molecule has 0 unspecified atom stereocenters. The molecule has 0 atom stereocenters. The molecule has 3 N–H and O–H groups in total. The number of fused-ring (bicyclic) bond motifs is 3. The molecule has 7 heteroatoms. The number of nitrogen functional groups attached to an aromatic ring is 1. The summed E-state index contributed by atoms with van der Waals surface area (Å²) in [5.74, 6) is 7.44. The summed E-state index contributed by atoms with van der Waals surface area (Å²) in [4.78, 5) is 11.5. The molecule has 3 heterocycles. The van der Waals surface area contributed by atoms with Crippen LogP contribution in [0.4, 0.5) is 5.82 Å². The zero-order valence-electron chi connectivity index (χ0n) is 12.5. The van der Waals surface area contributed by atoms with Gasteiger partial charge >= 0.3 is 0 Å². The van der Waals surface area contributed by atoms with E-state index in [0.717, 1.165) is 39.8 Å². The number of nitrogens with zero attached hydrogens (tertiary/aromatic N) is 2. The lowest BCUT2D eigenvalue weighted by Crippen LogP contribution is -2.31. The maximum Gasteiger partial charge on any atom is 0.190 e. The largest absolute Gasteiger partial charge is 0.370 e. The molecule has 0 spiro atoms. The Balaban J connectivity index is 2.11. The van der Waals surface area contributed by atoms with E-state index in [4.69, 9.17) is 15.6 Å². The number of anilines is 1. The van der Waals surface area contributed by atoms with E-state index < -0.39 is 0 Å². The lowest BCUT2D eigenvalue weighted by molar-refractivity contribution is -0.0379. The average molecular weight is 324 g/mol. The highest BCUT2D eigenvalue weighted by molar-refractivity contribution is 7.99. The molecule has 0 bridgehead atoms. The molecule has 2 aromatic rings. The van der Waals surface area contributed by atoms with Crippen LogP contribution in [0.15, 0.2) is 5.16 Å². The van der Waals surface area contributed by atoms with Crippen molar-refractivity contribution in [1.29, 1.82) is 0 Å². The average Bonchev–Trinajstić information content (AvgIpc) is 2.80. The van der Waals surface area contributed by atoms with Crippen molar-refractivity contribution < 1.29 is 4.74 Å². The van der Waals surface area contributed by atoms with Crippen molar-refractivity contribution in [2.75, 3.05) is 11.2 Å². The Morgan fingerprint density at radius 1 is 1.43 bits per heavy atom. The second-order valence-electron chi connectivity index (χ2n) is 5.76. The van der Waals surface area contributed by atoms with Gasteiger partial charge in [-0.05, 0) is 25.8 Å². The highest BCUT2D eigenvalue weighted by atomic mass is 32.2. The van der Waals surface area contributed by atoms with Gasteiger partial charge in [0.15, 0.2) is 11.0 Å². The van der Waals surface area contributed by atoms with Gasteiger partial charge < -0.3 is 10.2 Å². The van der Waals surface area contributed by atoms with E-state index in [1.54, 1.807) is 23.1 Å². The van der Waals surface area contributed by atoms with Crippen LogP contribution in [-0.2, 0) is 17.8 Å². The smallest absolute Gasteiger partial charge is 0.190 e. The van der Waals surface area contributed by atoms with Gasteiger partial charge in [-0.2, -0.15) is 0 Å². The third kappa shape index (κ3) is 2.88. The summed E-state index contributed by atoms with van der Waals surface area (Å²) in [5.41, 5.74) is 3.89. The predicted octanol–water partition coefficient (Wildman–Crippen LogP) is 3.33. The predicted molar refractivity (Wildman–Crippen MR) is 88.8 cm³/mol. The van der Waals surface area contributed by atoms with Crippen LogP contribution >= 0.6 is 23.1 Å². The van der Waals surface area contributed by atoms with E-state index in [-0.39, 0.29) is 5.60 Å². The maximum atomic E-state index is 5.90. The summed E-state index contributed by atoms with van der Waals surface area (Å²) >= 11 is 3.36. The third-order valence-corrected chi connectivity index (χ3v) is 5.63. The molecule has 1 aliphatic heterocycles. The molecular formula is C14H20N4OS2. The fourth-order valence-corrected chi connectivity index (χ4v) is 4.35. The van der Waals surface area contributed by atoms with Crippen LogP contribution in [0, 0.1) is 0 Å². The monoisotopic (exact) mass is 324 g/mol. The maximum absolute atomic E-state index is 5.90. The van der Waals surface area contributed by atoms with Gasteiger partial charge in [0.05, 0.1) is 17.6 Å². The molecule has 21 heavy (non-hydrogen) atoms. The van der Waals surface area contributed by atoms with Crippen molar-refractivity contribution in [3.8, 4) is 0 Å². The zero-order chi connectivity index (χ0) is 15.0. The minimum absolute atomic E-state index is 0.150. The fraction of sp³-hybridized carbons (Fsp3) is 0.571. The van der Waals surface area contributed by atoms with Crippen molar-refractivity contribution in [3.63, 3.8) is 0 Å². The Kier molecular flexibility index (Phi) is 4.09. The first-order valence-corrected chi connectivity index (χ1v) is 8.90. The minimum Gasteiger partial charge on any atom is -0.370 e. The van der Waals surface area contributed by atoms with Gasteiger partial charge in [0.25, 0.3) is 0 Å². The molecule has 114 valence electrons. The SMILES string of the molecule is CCCSc1nc(NN)c2c3c(sc2n1)COC(C)(C)C3. The Morgan fingerprint density at radius 2 is 2.24 bits per heavy atom. The molecule has 1 aliphatic rings. The van der Waals surface area contributed by atoms with Crippen LogP contribution in [-0.4, -0.2) is 21.3 Å². The summed E-state index contributed by atoms with van der Waals surface area (Å²) in [6, 6.07) is 0. The molecule has 5 nitrogen and oxygen atoms in total. The third-order valence-electron chi connectivity index (χ3n) is 3.48. The van der Waals surface area contributed by atoms with E-state index in [1.807, 2.05) is 0 Å². The van der Waals surface area contributed by atoms with Crippen LogP contribution in [0.1, 0.15) is 37.6 Å². The van der Waals surface area contributed by atoms with Crippen molar-refractivity contribution in [3.05, 3.63) is 10.4 Å². The van der Waals surface area contributed by atoms with E-state index in [0.29, 0.717) is 6.61 Å². The van der Waals surface area contributed by atoms with Crippen LogP contribution in [0.2, 0.25) is 0 Å². The summed E-state index contributed by atoms with van der Waals surface area (Å²) in [5, 5.41) is 1.85. The summed E-state index contributed by atoms with van der Waals surface area (Å²) in [7, 11) is 0. The lowest BCUT2D eigenvalue weighted by atomic mass is 9.94. The first-order valence-electron chi connectivity index (χ1n) is 7.09. The highest BCUT2D eigenvalue weighted by Gasteiger charge is 2.30. The van der Waals surface area contributed by atoms with Crippen LogP contribution in [0.3, 0.4) is 0 Å². The molecule has 0 radical (unpaired) electrons. The van der Waals surface area contributed by atoms with Gasteiger partial charge in [-0.3, -0.25) is 0 Å². The molecule has 0 amide bonds. The van der Waals surface area contributed by atoms with Gasteiger partial charge in [0.2, 0.25) is 0 Å². The Bertz CT molecular complexity index is 669. The Labute approximate surface area is 132 Å². The standard InChI is InChI=1S/C14H20N4OS2/c1-4-5-20-13-16-11(18-15)10-8-6-14(2,3)19-7-9(8)21-12(10)17-13/h4-7,15H2,1-3H3,(H,16,17,18). The molecule has 0 fully saturated rings. The molecule has 0 aromatic carbocycles. The fourth-order valence-electron chi connectivity index (χ4n) is 2.49. The minimum atomic E-state index is -0.150. The van der Waals surface area contributed by atoms with Gasteiger partial charge in [0, 0.05) is 17.1 Å². The number of thioether (sulfide) groups is 1. The van der Waals surface area contributed by atoms with E-state index in [1.165, 1.54) is 10.4 Å². The highest BCUT2D eigenvalue weighted by Crippen LogP contribution is 2.41. The first kappa shape index (κ1) is 15.0. The van der Waals surface area contributed by atoms with Crippen molar-refractivity contribution in [2.24, 2.45) is 5.84 Å².